The van der Waals surface area contributed by atoms with Crippen LogP contribution in [0.15, 0.2) is 46.9 Å². The molecule has 0 aliphatic heterocycles. The van der Waals surface area contributed by atoms with Crippen molar-refractivity contribution in [2.24, 2.45) is 11.0 Å². The lowest BCUT2D eigenvalue weighted by Crippen LogP contribution is -2.23. The number of rotatable bonds is 5. The van der Waals surface area contributed by atoms with Gasteiger partial charge in [0.05, 0.1) is 4.90 Å². The summed E-state index contributed by atoms with van der Waals surface area (Å²) in [4.78, 5) is 2.61. The lowest BCUT2D eigenvalue weighted by atomic mass is 9.86. The number of nitrogens with zero attached hydrogens (tertiary/aromatic N) is 1. The topological polar surface area (TPSA) is 58.5 Å². The lowest BCUT2D eigenvalue weighted by molar-refractivity contribution is 0.463. The first-order valence-corrected chi connectivity index (χ1v) is 8.74. The molecule has 0 radical (unpaired) electrons. The number of nitrogens with one attached hydrogen (secondary N) is 1. The van der Waals surface area contributed by atoms with Crippen LogP contribution in [0.3, 0.4) is 0 Å². The average Bonchev–Trinajstić information content (AvgIpc) is 2.47. The van der Waals surface area contributed by atoms with E-state index in [1.807, 2.05) is 13.0 Å². The Kier molecular flexibility index (Phi) is 5.17. The fraction of sp³-hybridized carbons (Fsp3) is 0.438. The third-order valence-corrected chi connectivity index (χ3v) is 4.98. The number of hydrazone groups is 1. The Hall–Kier alpha value is -1.62. The summed E-state index contributed by atoms with van der Waals surface area (Å²) >= 11 is 0. The molecule has 0 saturated heterocycles. The predicted molar refractivity (Wildman–Crippen MR) is 85.7 cm³/mol. The van der Waals surface area contributed by atoms with Crippen molar-refractivity contribution in [3.8, 4) is 0 Å². The molecule has 1 atom stereocenters. The molecular weight excluding hydrogens is 284 g/mol. The molecule has 1 aromatic rings. The number of hydrogen-bond donors (Lipinski definition) is 1. The lowest BCUT2D eigenvalue weighted by Gasteiger charge is -2.21. The minimum Gasteiger partial charge on any atom is -0.200 e. The van der Waals surface area contributed by atoms with E-state index in [1.165, 1.54) is 0 Å². The smallest absolute Gasteiger partial charge is 0.200 e. The number of hydrogen-bond acceptors (Lipinski definition) is 3. The minimum absolute atomic E-state index is 0.246. The molecule has 4 nitrogen and oxygen atoms in total. The van der Waals surface area contributed by atoms with E-state index in [2.05, 4.69) is 16.5 Å². The van der Waals surface area contributed by atoms with Gasteiger partial charge in [0.15, 0.2) is 0 Å². The average molecular weight is 306 g/mol. The van der Waals surface area contributed by atoms with Crippen molar-refractivity contribution in [1.82, 2.24) is 4.83 Å². The summed E-state index contributed by atoms with van der Waals surface area (Å²) in [6.07, 6.45) is 6.82. The molecule has 0 amide bonds. The third-order valence-electron chi connectivity index (χ3n) is 3.76. The van der Waals surface area contributed by atoms with Crippen molar-refractivity contribution < 1.29 is 8.42 Å². The molecular formula is C16H22N2O2S. The van der Waals surface area contributed by atoms with Crippen LogP contribution in [0.5, 0.6) is 0 Å². The van der Waals surface area contributed by atoms with Crippen LogP contribution in [-0.4, -0.2) is 14.1 Å². The summed E-state index contributed by atoms with van der Waals surface area (Å²) in [5, 5.41) is 4.13. The Morgan fingerprint density at radius 2 is 2.10 bits per heavy atom. The zero-order valence-corrected chi connectivity index (χ0v) is 13.2. The summed E-state index contributed by atoms with van der Waals surface area (Å²) < 4.78 is 24.3. The Bertz CT molecular complexity index is 618. The van der Waals surface area contributed by atoms with Crippen LogP contribution in [0, 0.1) is 12.8 Å². The molecule has 0 unspecified atom stereocenters. The first kappa shape index (κ1) is 15.8. The van der Waals surface area contributed by atoms with Crippen LogP contribution in [0.4, 0.5) is 0 Å². The minimum atomic E-state index is -3.56. The second kappa shape index (κ2) is 6.89. The van der Waals surface area contributed by atoms with E-state index in [-0.39, 0.29) is 4.90 Å². The maximum Gasteiger partial charge on any atom is 0.276 e. The van der Waals surface area contributed by atoms with Gasteiger partial charge in [-0.05, 0) is 57.1 Å². The van der Waals surface area contributed by atoms with Gasteiger partial charge in [0.25, 0.3) is 10.0 Å². The highest BCUT2D eigenvalue weighted by molar-refractivity contribution is 7.89. The van der Waals surface area contributed by atoms with Gasteiger partial charge >= 0.3 is 0 Å². The molecule has 1 aliphatic carbocycles. The van der Waals surface area contributed by atoms with Gasteiger partial charge in [-0.25, -0.2) is 4.83 Å². The molecule has 0 heterocycles. The van der Waals surface area contributed by atoms with Gasteiger partial charge in [-0.2, -0.15) is 13.5 Å². The van der Waals surface area contributed by atoms with Crippen molar-refractivity contribution in [3.05, 3.63) is 42.5 Å². The number of benzene rings is 1. The Morgan fingerprint density at radius 1 is 1.38 bits per heavy atom. The Morgan fingerprint density at radius 3 is 2.76 bits per heavy atom. The molecule has 1 fully saturated rings. The second-order valence-corrected chi connectivity index (χ2v) is 7.23. The number of aryl methyl sites for hydroxylation is 1. The highest BCUT2D eigenvalue weighted by Crippen LogP contribution is 2.25. The molecule has 1 N–H and O–H groups in total. The van der Waals surface area contributed by atoms with E-state index >= 15 is 0 Å². The van der Waals surface area contributed by atoms with Crippen molar-refractivity contribution in [1.29, 1.82) is 0 Å². The normalized spacial score (nSPS) is 21.2. The molecule has 0 spiro atoms. The van der Waals surface area contributed by atoms with Gasteiger partial charge in [-0.3, -0.25) is 0 Å². The van der Waals surface area contributed by atoms with Gasteiger partial charge in [0, 0.05) is 5.71 Å². The Balaban J connectivity index is 2.05. The summed E-state index contributed by atoms with van der Waals surface area (Å²) in [5.41, 5.74) is 1.96. The molecule has 1 aromatic carbocycles. The van der Waals surface area contributed by atoms with Crippen LogP contribution in [0.2, 0.25) is 0 Å². The van der Waals surface area contributed by atoms with Gasteiger partial charge in [0.1, 0.15) is 0 Å². The van der Waals surface area contributed by atoms with Crippen molar-refractivity contribution in [2.45, 2.75) is 43.9 Å². The first-order chi connectivity index (χ1) is 10.0. The fourth-order valence-corrected chi connectivity index (χ4v) is 3.41. The van der Waals surface area contributed by atoms with Crippen LogP contribution < -0.4 is 4.83 Å². The van der Waals surface area contributed by atoms with Crippen molar-refractivity contribution in [2.75, 3.05) is 0 Å². The van der Waals surface area contributed by atoms with E-state index in [4.69, 9.17) is 0 Å². The molecule has 1 saturated carbocycles. The summed E-state index contributed by atoms with van der Waals surface area (Å²) in [6, 6.07) is 6.75. The fourth-order valence-electron chi connectivity index (χ4n) is 2.57. The summed E-state index contributed by atoms with van der Waals surface area (Å²) in [6.45, 7) is 5.68. The monoisotopic (exact) mass is 306 g/mol. The standard InChI is InChI=1S/C16H22N2O2S/c1-3-5-14-6-4-7-15(12-14)17-18-21(19,20)16-10-8-13(2)9-11-16/h3,8-11,14,18H,1,4-7,12H2,2H3/b17-15+/t14-/m0/s1. The van der Waals surface area contributed by atoms with Gasteiger partial charge < -0.3 is 0 Å². The van der Waals surface area contributed by atoms with E-state index in [1.54, 1.807) is 24.3 Å². The van der Waals surface area contributed by atoms with Crippen LogP contribution in [0.25, 0.3) is 0 Å². The van der Waals surface area contributed by atoms with E-state index in [0.29, 0.717) is 5.92 Å². The summed E-state index contributed by atoms with van der Waals surface area (Å²) in [5.74, 6) is 0.541. The molecule has 0 bridgehead atoms. The van der Waals surface area contributed by atoms with E-state index in [0.717, 1.165) is 43.4 Å². The van der Waals surface area contributed by atoms with Crippen molar-refractivity contribution in [3.63, 3.8) is 0 Å². The molecule has 21 heavy (non-hydrogen) atoms. The van der Waals surface area contributed by atoms with Gasteiger partial charge in [-0.1, -0.05) is 23.8 Å². The zero-order chi connectivity index (χ0) is 15.3. The number of sulfonamides is 1. The molecule has 0 aromatic heterocycles. The summed E-state index contributed by atoms with van der Waals surface area (Å²) in [7, 11) is -3.56. The second-order valence-electron chi connectivity index (χ2n) is 5.57. The maximum absolute atomic E-state index is 12.2. The zero-order valence-electron chi connectivity index (χ0n) is 12.4. The van der Waals surface area contributed by atoms with Crippen LogP contribution >= 0.6 is 0 Å². The highest BCUT2D eigenvalue weighted by Gasteiger charge is 2.18. The third kappa shape index (κ3) is 4.43. The first-order valence-electron chi connectivity index (χ1n) is 7.26. The van der Waals surface area contributed by atoms with Gasteiger partial charge in [-0.15, -0.1) is 6.58 Å². The SMILES string of the molecule is C=CC[C@H]1CCC/C(=N\NS(=O)(=O)c2ccc(C)cc2)C1. The highest BCUT2D eigenvalue weighted by atomic mass is 32.2. The molecule has 1 aliphatic rings. The molecule has 5 heteroatoms. The van der Waals surface area contributed by atoms with Crippen LogP contribution in [0.1, 0.15) is 37.7 Å². The Labute approximate surface area is 127 Å². The maximum atomic E-state index is 12.2. The van der Waals surface area contributed by atoms with Gasteiger partial charge in [0.2, 0.25) is 0 Å². The molecule has 114 valence electrons. The van der Waals surface area contributed by atoms with E-state index in [9.17, 15) is 8.42 Å². The van der Waals surface area contributed by atoms with E-state index < -0.39 is 10.0 Å². The van der Waals surface area contributed by atoms with Crippen LogP contribution in [-0.2, 0) is 10.0 Å². The molecule has 2 rings (SSSR count). The quantitative estimate of drug-likeness (QED) is 0.669. The largest absolute Gasteiger partial charge is 0.276 e. The predicted octanol–water partition coefficient (Wildman–Crippen LogP) is 3.40. The van der Waals surface area contributed by atoms with Crippen molar-refractivity contribution >= 4 is 15.7 Å². The number of allylic oxidation sites excluding steroid dienone is 1.